The second-order valence-corrected chi connectivity index (χ2v) is 5.53. The normalized spacial score (nSPS) is 13.6. The first-order valence-corrected chi connectivity index (χ1v) is 7.37. The highest BCUT2D eigenvalue weighted by atomic mass is 16.5. The van der Waals surface area contributed by atoms with Crippen LogP contribution < -0.4 is 10.1 Å². The summed E-state index contributed by atoms with van der Waals surface area (Å²) < 4.78 is 5.75. The summed E-state index contributed by atoms with van der Waals surface area (Å²) in [6.07, 6.45) is 2.81. The second kappa shape index (κ2) is 7.91. The van der Waals surface area contributed by atoms with Crippen molar-refractivity contribution in [1.82, 2.24) is 5.32 Å². The second-order valence-electron chi connectivity index (χ2n) is 5.53. The molecule has 1 rings (SSSR count). The van der Waals surface area contributed by atoms with Gasteiger partial charge in [0.25, 0.3) is 0 Å². The predicted molar refractivity (Wildman–Crippen MR) is 83.0 cm³/mol. The molecule has 110 valence electrons. The van der Waals surface area contributed by atoms with E-state index in [1.807, 2.05) is 19.9 Å². The van der Waals surface area contributed by atoms with Crippen LogP contribution in [0.4, 0.5) is 0 Å². The molecule has 1 aromatic carbocycles. The zero-order valence-electron chi connectivity index (χ0n) is 13.1. The minimum atomic E-state index is -0.408. The van der Waals surface area contributed by atoms with Gasteiger partial charge in [-0.3, -0.25) is 5.32 Å². The summed E-state index contributed by atoms with van der Waals surface area (Å²) in [5.74, 6) is 0.933. The molecule has 1 atom stereocenters. The number of nitrogens with one attached hydrogen (secondary N) is 1. The Labute approximate surface area is 123 Å². The first kappa shape index (κ1) is 16.5. The van der Waals surface area contributed by atoms with Crippen LogP contribution in [0.2, 0.25) is 0 Å². The van der Waals surface area contributed by atoms with Gasteiger partial charge in [-0.15, -0.1) is 0 Å². The smallest absolute Gasteiger partial charge is 0.119 e. The topological polar surface area (TPSA) is 45.0 Å². The fourth-order valence-corrected chi connectivity index (χ4v) is 2.15. The molecule has 0 saturated carbocycles. The number of unbranched alkanes of at least 4 members (excludes halogenated alkanes) is 1. The molecule has 0 saturated heterocycles. The molecule has 1 N–H and O–H groups in total. The van der Waals surface area contributed by atoms with Crippen molar-refractivity contribution in [2.45, 2.75) is 52.5 Å². The highest BCUT2D eigenvalue weighted by Crippen LogP contribution is 2.17. The van der Waals surface area contributed by atoms with E-state index >= 15 is 0 Å². The van der Waals surface area contributed by atoms with Crippen LogP contribution >= 0.6 is 0 Å². The molecule has 1 unspecified atom stereocenters. The molecule has 0 radical (unpaired) electrons. The average molecular weight is 274 g/mol. The fourth-order valence-electron chi connectivity index (χ4n) is 2.15. The lowest BCUT2D eigenvalue weighted by atomic mass is 9.97. The van der Waals surface area contributed by atoms with E-state index in [2.05, 4.69) is 37.4 Å². The summed E-state index contributed by atoms with van der Waals surface area (Å²) in [6.45, 7) is 9.71. The van der Waals surface area contributed by atoms with E-state index in [0.29, 0.717) is 6.61 Å². The summed E-state index contributed by atoms with van der Waals surface area (Å²) in [7, 11) is 0. The third kappa shape index (κ3) is 5.22. The number of ether oxygens (including phenoxy) is 1. The number of hydrogen-bond acceptors (Lipinski definition) is 3. The largest absolute Gasteiger partial charge is 0.494 e. The molecule has 0 fully saturated rings. The van der Waals surface area contributed by atoms with Crippen LogP contribution in [0.15, 0.2) is 18.2 Å². The van der Waals surface area contributed by atoms with Crippen molar-refractivity contribution in [3.63, 3.8) is 0 Å². The molecule has 20 heavy (non-hydrogen) atoms. The van der Waals surface area contributed by atoms with E-state index in [-0.39, 0.29) is 0 Å². The number of nitrogens with zero attached hydrogens (tertiary/aromatic N) is 1. The van der Waals surface area contributed by atoms with Crippen LogP contribution in [0.1, 0.15) is 44.2 Å². The van der Waals surface area contributed by atoms with Crippen molar-refractivity contribution in [3.05, 3.63) is 29.3 Å². The summed E-state index contributed by atoms with van der Waals surface area (Å²) in [5, 5.41) is 12.4. The maximum atomic E-state index is 9.16. The molecule has 0 aliphatic heterocycles. The number of aryl methyl sites for hydroxylation is 2. The van der Waals surface area contributed by atoms with Crippen LogP contribution in [0.3, 0.4) is 0 Å². The molecule has 3 heteroatoms. The fraction of sp³-hybridized carbons (Fsp3) is 0.588. The van der Waals surface area contributed by atoms with Crippen molar-refractivity contribution in [2.24, 2.45) is 0 Å². The molecule has 0 aliphatic carbocycles. The molecule has 0 spiro atoms. The van der Waals surface area contributed by atoms with Crippen LogP contribution in [0, 0.1) is 25.2 Å². The van der Waals surface area contributed by atoms with Gasteiger partial charge in [0, 0.05) is 0 Å². The van der Waals surface area contributed by atoms with Crippen molar-refractivity contribution in [1.29, 1.82) is 5.26 Å². The molecule has 0 heterocycles. The van der Waals surface area contributed by atoms with E-state index in [9.17, 15) is 0 Å². The molecule has 0 aromatic heterocycles. The minimum Gasteiger partial charge on any atom is -0.494 e. The third-order valence-electron chi connectivity index (χ3n) is 3.63. The Kier molecular flexibility index (Phi) is 6.54. The molecule has 0 amide bonds. The molecule has 0 aliphatic rings. The number of hydrogen-bond donors (Lipinski definition) is 1. The van der Waals surface area contributed by atoms with Gasteiger partial charge in [-0.25, -0.2) is 0 Å². The Bertz CT molecular complexity index is 465. The van der Waals surface area contributed by atoms with Crippen LogP contribution in [0.5, 0.6) is 5.75 Å². The Balaban J connectivity index is 2.28. The lowest BCUT2D eigenvalue weighted by Gasteiger charge is -2.22. The monoisotopic (exact) mass is 274 g/mol. The SMILES string of the molecule is CCNC(C)(C#N)CCCCOc1ccc(C)c(C)c1. The molecule has 3 nitrogen and oxygen atoms in total. The van der Waals surface area contributed by atoms with Crippen LogP contribution in [0.25, 0.3) is 0 Å². The van der Waals surface area contributed by atoms with Crippen molar-refractivity contribution in [2.75, 3.05) is 13.2 Å². The number of nitriles is 1. The Morgan fingerprint density at radius 3 is 2.60 bits per heavy atom. The zero-order chi connectivity index (χ0) is 15.0. The van der Waals surface area contributed by atoms with Crippen molar-refractivity contribution in [3.8, 4) is 11.8 Å². The lowest BCUT2D eigenvalue weighted by molar-refractivity contribution is 0.295. The molecular weight excluding hydrogens is 248 g/mol. The predicted octanol–water partition coefficient (Wildman–Crippen LogP) is 3.74. The number of benzene rings is 1. The van der Waals surface area contributed by atoms with Crippen molar-refractivity contribution < 1.29 is 4.74 Å². The van der Waals surface area contributed by atoms with E-state index in [1.165, 1.54) is 11.1 Å². The first-order valence-electron chi connectivity index (χ1n) is 7.37. The van der Waals surface area contributed by atoms with E-state index in [4.69, 9.17) is 10.00 Å². The zero-order valence-corrected chi connectivity index (χ0v) is 13.1. The molecular formula is C17H26N2O. The Morgan fingerprint density at radius 2 is 2.00 bits per heavy atom. The van der Waals surface area contributed by atoms with Gasteiger partial charge in [0.05, 0.1) is 12.7 Å². The van der Waals surface area contributed by atoms with E-state index < -0.39 is 5.54 Å². The van der Waals surface area contributed by atoms with E-state index in [0.717, 1.165) is 31.6 Å². The molecule has 0 bridgehead atoms. The van der Waals surface area contributed by atoms with Gasteiger partial charge in [-0.1, -0.05) is 13.0 Å². The molecule has 1 aromatic rings. The lowest BCUT2D eigenvalue weighted by Crippen LogP contribution is -2.40. The quantitative estimate of drug-likeness (QED) is 0.734. The maximum absolute atomic E-state index is 9.16. The maximum Gasteiger partial charge on any atom is 0.119 e. The number of rotatable bonds is 8. The summed E-state index contributed by atoms with van der Waals surface area (Å²) >= 11 is 0. The third-order valence-corrected chi connectivity index (χ3v) is 3.63. The highest BCUT2D eigenvalue weighted by molar-refractivity contribution is 5.33. The van der Waals surface area contributed by atoms with Crippen LogP contribution in [-0.4, -0.2) is 18.7 Å². The van der Waals surface area contributed by atoms with Gasteiger partial charge < -0.3 is 4.74 Å². The standard InChI is InChI=1S/C17H26N2O/c1-5-19-17(4,13-18)10-6-7-11-20-16-9-8-14(2)15(3)12-16/h8-9,12,19H,5-7,10-11H2,1-4H3. The average Bonchev–Trinajstić information content (AvgIpc) is 2.42. The Morgan fingerprint density at radius 1 is 1.25 bits per heavy atom. The summed E-state index contributed by atoms with van der Waals surface area (Å²) in [4.78, 5) is 0. The van der Waals surface area contributed by atoms with Gasteiger partial charge in [-0.2, -0.15) is 5.26 Å². The minimum absolute atomic E-state index is 0.408. The van der Waals surface area contributed by atoms with Crippen LogP contribution in [-0.2, 0) is 0 Å². The Hall–Kier alpha value is -1.53. The first-order chi connectivity index (χ1) is 9.50. The highest BCUT2D eigenvalue weighted by Gasteiger charge is 2.21. The van der Waals surface area contributed by atoms with Gasteiger partial charge in [0.2, 0.25) is 0 Å². The van der Waals surface area contributed by atoms with E-state index in [1.54, 1.807) is 0 Å². The van der Waals surface area contributed by atoms with Gasteiger partial charge in [0.15, 0.2) is 0 Å². The summed E-state index contributed by atoms with van der Waals surface area (Å²) in [6, 6.07) is 8.53. The summed E-state index contributed by atoms with van der Waals surface area (Å²) in [5.41, 5.74) is 2.13. The van der Waals surface area contributed by atoms with Gasteiger partial charge in [-0.05, 0) is 69.8 Å². The van der Waals surface area contributed by atoms with Gasteiger partial charge >= 0.3 is 0 Å². The van der Waals surface area contributed by atoms with Gasteiger partial charge in [0.1, 0.15) is 11.3 Å². The van der Waals surface area contributed by atoms with Crippen molar-refractivity contribution >= 4 is 0 Å².